The maximum absolute atomic E-state index is 6.26. The Labute approximate surface area is 482 Å². The molecule has 12 aromatic carbocycles. The minimum Gasteiger partial charge on any atom is -0.456 e. The summed E-state index contributed by atoms with van der Waals surface area (Å²) in [6.45, 7) is 4.72. The van der Waals surface area contributed by atoms with Gasteiger partial charge in [-0.15, -0.1) is 0 Å². The van der Waals surface area contributed by atoms with Gasteiger partial charge < -0.3 is 13.6 Å². The van der Waals surface area contributed by atoms with Crippen LogP contribution in [0.15, 0.2) is 271 Å². The number of hydrogen-bond donors (Lipinski definition) is 0. The fourth-order valence-electron chi connectivity index (χ4n) is 14.2. The molecule has 0 aliphatic heterocycles. The first kappa shape index (κ1) is 46.7. The molecular weight excluding hydrogens is 1020 g/mol. The second kappa shape index (κ2) is 17.5. The fraction of sp³-hybridized carbons (Fsp3) is 0.0390. The van der Waals surface area contributed by atoms with E-state index in [1.165, 1.54) is 33.0 Å². The van der Waals surface area contributed by atoms with Crippen LogP contribution < -0.4 is 4.90 Å². The predicted molar refractivity (Wildman–Crippen MR) is 348 cm³/mol. The highest BCUT2D eigenvalue weighted by Gasteiger charge is 2.37. The molecule has 7 heteroatoms. The molecule has 5 heterocycles. The van der Waals surface area contributed by atoms with Crippen molar-refractivity contribution in [3.63, 3.8) is 0 Å². The van der Waals surface area contributed by atoms with Crippen molar-refractivity contribution in [2.24, 2.45) is 0 Å². The fourth-order valence-corrected chi connectivity index (χ4v) is 14.2. The van der Waals surface area contributed by atoms with Crippen molar-refractivity contribution in [2.45, 2.75) is 19.3 Å². The van der Waals surface area contributed by atoms with E-state index in [0.29, 0.717) is 11.6 Å². The lowest BCUT2D eigenvalue weighted by Crippen LogP contribution is -2.17. The summed E-state index contributed by atoms with van der Waals surface area (Å²) in [6, 6.07) is 96.5. The zero-order valence-electron chi connectivity index (χ0n) is 46.0. The van der Waals surface area contributed by atoms with Gasteiger partial charge in [-0.25, -0.2) is 9.97 Å². The molecule has 18 rings (SSSR count). The summed E-state index contributed by atoms with van der Waals surface area (Å²) in [7, 11) is 0. The van der Waals surface area contributed by atoms with Gasteiger partial charge in [0.1, 0.15) is 16.7 Å². The molecule has 0 saturated heterocycles. The van der Waals surface area contributed by atoms with E-state index in [1.54, 1.807) is 0 Å². The van der Waals surface area contributed by atoms with Crippen molar-refractivity contribution < 1.29 is 4.42 Å². The molecule has 1 aliphatic rings. The van der Waals surface area contributed by atoms with Crippen molar-refractivity contribution in [2.75, 3.05) is 4.90 Å². The summed E-state index contributed by atoms with van der Waals surface area (Å²) < 4.78 is 13.4. The molecule has 84 heavy (non-hydrogen) atoms. The van der Waals surface area contributed by atoms with E-state index in [4.69, 9.17) is 14.4 Å². The Bertz CT molecular complexity index is 5610. The van der Waals surface area contributed by atoms with Crippen LogP contribution in [-0.2, 0) is 5.41 Å². The first-order valence-corrected chi connectivity index (χ1v) is 28.8. The molecule has 0 fully saturated rings. The van der Waals surface area contributed by atoms with Gasteiger partial charge in [0.15, 0.2) is 11.6 Å². The molecule has 0 atom stereocenters. The van der Waals surface area contributed by atoms with Gasteiger partial charge in [0, 0.05) is 65.6 Å². The maximum atomic E-state index is 6.26. The topological polar surface area (TPSA) is 57.0 Å². The van der Waals surface area contributed by atoms with E-state index >= 15 is 0 Å². The third-order valence-corrected chi connectivity index (χ3v) is 18.0. The molecule has 0 amide bonds. The van der Waals surface area contributed by atoms with E-state index in [2.05, 4.69) is 287 Å². The standard InChI is InChI=1S/C77H50N6O/c1-77(2)62-29-14-9-24-52(62)58-45-60-55-27-12-17-33-67(55)83(71(60)46-63(58)77)76-75(80(49-20-5-3-6-21-49)51-38-39-56-53-25-10-15-31-65(53)81(70(56)44-51)50-22-7-4-8-23-50)78-64-30-19-34-69(74(64)79-76)82-66-32-16-11-26-54(66)59-42-47(36-40-68(59)82)48-37-41-73-61(43-48)57-28-13-18-35-72(57)84-73/h3-46H,1-2H3. The van der Waals surface area contributed by atoms with Crippen LogP contribution >= 0.6 is 0 Å². The Balaban J connectivity index is 0.926. The summed E-state index contributed by atoms with van der Waals surface area (Å²) in [6.07, 6.45) is 0. The number of hydrogen-bond acceptors (Lipinski definition) is 4. The van der Waals surface area contributed by atoms with Crippen LogP contribution in [0.1, 0.15) is 25.0 Å². The second-order valence-corrected chi connectivity index (χ2v) is 22.9. The van der Waals surface area contributed by atoms with E-state index < -0.39 is 0 Å². The number of nitrogens with zero attached hydrogens (tertiary/aromatic N) is 6. The normalized spacial score (nSPS) is 13.0. The summed E-state index contributed by atoms with van der Waals surface area (Å²) >= 11 is 0. The van der Waals surface area contributed by atoms with Crippen LogP contribution in [0, 0.1) is 0 Å². The molecule has 1 aliphatic carbocycles. The summed E-state index contributed by atoms with van der Waals surface area (Å²) in [4.78, 5) is 14.4. The van der Waals surface area contributed by atoms with Crippen molar-refractivity contribution in [3.8, 4) is 39.4 Å². The van der Waals surface area contributed by atoms with E-state index in [-0.39, 0.29) is 5.41 Å². The maximum Gasteiger partial charge on any atom is 0.182 e. The Kier molecular flexibility index (Phi) is 9.73. The van der Waals surface area contributed by atoms with Crippen LogP contribution in [0.3, 0.4) is 0 Å². The van der Waals surface area contributed by atoms with E-state index in [0.717, 1.165) is 121 Å². The monoisotopic (exact) mass is 1070 g/mol. The van der Waals surface area contributed by atoms with Crippen LogP contribution in [0.2, 0.25) is 0 Å². The molecule has 0 saturated carbocycles. The molecule has 7 nitrogen and oxygen atoms in total. The molecule has 0 radical (unpaired) electrons. The largest absolute Gasteiger partial charge is 0.456 e. The third-order valence-electron chi connectivity index (χ3n) is 18.0. The number of benzene rings is 12. The van der Waals surface area contributed by atoms with Gasteiger partial charge in [0.25, 0.3) is 0 Å². The van der Waals surface area contributed by atoms with Crippen molar-refractivity contribution in [3.05, 3.63) is 278 Å². The minimum atomic E-state index is -0.244. The van der Waals surface area contributed by atoms with E-state index in [1.807, 2.05) is 12.1 Å². The summed E-state index contributed by atoms with van der Waals surface area (Å²) in [5, 5.41) is 9.22. The number of rotatable bonds is 7. The third kappa shape index (κ3) is 6.63. The SMILES string of the molecule is CC1(C)c2ccccc2-c2cc3c4ccccc4n(-c4nc5c(-n6c7ccccc7c7cc(-c8ccc9oc%10ccccc%10c9c8)ccc76)cccc5nc4N(c4ccccc4)c4ccc5c6ccccc6n(-c6ccccc6)c5c4)c3cc21. The zero-order valence-corrected chi connectivity index (χ0v) is 46.0. The van der Waals surface area contributed by atoms with Crippen LogP contribution in [0.5, 0.6) is 0 Å². The Hall–Kier alpha value is -11.0. The highest BCUT2D eigenvalue weighted by atomic mass is 16.3. The molecule has 394 valence electrons. The highest BCUT2D eigenvalue weighted by Crippen LogP contribution is 2.52. The van der Waals surface area contributed by atoms with Gasteiger partial charge in [-0.1, -0.05) is 172 Å². The Morgan fingerprint density at radius 1 is 0.357 bits per heavy atom. The molecule has 17 aromatic rings. The highest BCUT2D eigenvalue weighted by molar-refractivity contribution is 6.15. The smallest absolute Gasteiger partial charge is 0.182 e. The van der Waals surface area contributed by atoms with Gasteiger partial charge in [-0.05, 0) is 143 Å². The van der Waals surface area contributed by atoms with Crippen molar-refractivity contribution in [1.29, 1.82) is 0 Å². The van der Waals surface area contributed by atoms with Crippen molar-refractivity contribution in [1.82, 2.24) is 23.7 Å². The van der Waals surface area contributed by atoms with Crippen LogP contribution in [0.25, 0.3) is 138 Å². The molecule has 0 N–H and O–H groups in total. The second-order valence-electron chi connectivity index (χ2n) is 22.9. The summed E-state index contributed by atoms with van der Waals surface area (Å²) in [5.74, 6) is 1.42. The summed E-state index contributed by atoms with van der Waals surface area (Å²) in [5.41, 5.74) is 21.0. The molecule has 0 unspecified atom stereocenters. The number of aromatic nitrogens is 5. The number of fused-ring (bicyclic) bond motifs is 16. The molecule has 0 spiro atoms. The van der Waals surface area contributed by atoms with Crippen LogP contribution in [0.4, 0.5) is 17.2 Å². The minimum absolute atomic E-state index is 0.244. The average molecular weight is 1080 g/mol. The lowest BCUT2D eigenvalue weighted by Gasteiger charge is -2.27. The Morgan fingerprint density at radius 2 is 0.940 bits per heavy atom. The predicted octanol–water partition coefficient (Wildman–Crippen LogP) is 20.3. The number of anilines is 3. The van der Waals surface area contributed by atoms with Gasteiger partial charge in [0.05, 0.1) is 44.3 Å². The molecular formula is C77H50N6O. The quantitative estimate of drug-likeness (QED) is 0.160. The average Bonchev–Trinajstić information content (AvgIpc) is 1.72. The van der Waals surface area contributed by atoms with Gasteiger partial charge in [-0.3, -0.25) is 9.47 Å². The lowest BCUT2D eigenvalue weighted by atomic mass is 9.82. The number of furan rings is 1. The molecule has 0 bridgehead atoms. The van der Waals surface area contributed by atoms with Crippen LogP contribution in [-0.4, -0.2) is 23.7 Å². The zero-order chi connectivity index (χ0) is 55.4. The number of para-hydroxylation sites is 7. The van der Waals surface area contributed by atoms with Crippen molar-refractivity contribution >= 4 is 116 Å². The van der Waals surface area contributed by atoms with Gasteiger partial charge in [0.2, 0.25) is 0 Å². The first-order chi connectivity index (χ1) is 41.4. The van der Waals surface area contributed by atoms with Gasteiger partial charge in [-0.2, -0.15) is 0 Å². The van der Waals surface area contributed by atoms with Gasteiger partial charge >= 0.3 is 0 Å². The van der Waals surface area contributed by atoms with E-state index in [9.17, 15) is 0 Å². The Morgan fingerprint density at radius 3 is 1.73 bits per heavy atom. The molecule has 5 aromatic heterocycles. The first-order valence-electron chi connectivity index (χ1n) is 28.8. The lowest BCUT2D eigenvalue weighted by molar-refractivity contribution is 0.661.